The minimum atomic E-state index is -0.986. The quantitative estimate of drug-likeness (QED) is 0.749. The van der Waals surface area contributed by atoms with E-state index in [-0.39, 0.29) is 18.9 Å². The number of fused-ring (bicyclic) bond motifs is 1. The van der Waals surface area contributed by atoms with Gasteiger partial charge in [-0.3, -0.25) is 4.79 Å². The Kier molecular flexibility index (Phi) is 6.24. The first-order chi connectivity index (χ1) is 14.0. The molecule has 0 radical (unpaired) electrons. The molecule has 1 aromatic heterocycles. The Morgan fingerprint density at radius 3 is 2.79 bits per heavy atom. The summed E-state index contributed by atoms with van der Waals surface area (Å²) in [4.78, 5) is 25.8. The van der Waals surface area contributed by atoms with Gasteiger partial charge in [0.2, 0.25) is 5.91 Å². The molecule has 1 aliphatic heterocycles. The molecule has 2 amide bonds. The molecule has 8 nitrogen and oxygen atoms in total. The van der Waals surface area contributed by atoms with E-state index in [9.17, 15) is 20.0 Å². The first-order valence-electron chi connectivity index (χ1n) is 9.00. The molecular formula is C20H21N3O5S. The van der Waals surface area contributed by atoms with E-state index in [1.807, 2.05) is 6.07 Å². The predicted molar refractivity (Wildman–Crippen MR) is 108 cm³/mol. The number of carbonyl (C=O) groups excluding carboxylic acids is 1. The largest absolute Gasteiger partial charge is 0.497 e. The van der Waals surface area contributed by atoms with Crippen molar-refractivity contribution in [2.75, 3.05) is 26.1 Å². The van der Waals surface area contributed by atoms with Crippen LogP contribution in [0.4, 0.5) is 9.80 Å². The maximum absolute atomic E-state index is 12.5. The topological polar surface area (TPSA) is 112 Å². The number of rotatable bonds is 6. The minimum absolute atomic E-state index is 0.207. The zero-order chi connectivity index (χ0) is 21.0. The van der Waals surface area contributed by atoms with Gasteiger partial charge in [-0.1, -0.05) is 0 Å². The Bertz CT molecular complexity index is 979. The van der Waals surface area contributed by atoms with Crippen LogP contribution in [0.3, 0.4) is 0 Å². The van der Waals surface area contributed by atoms with Gasteiger partial charge in [-0.05, 0) is 42.2 Å². The third-order valence-electron chi connectivity index (χ3n) is 4.80. The molecule has 1 aromatic carbocycles. The predicted octanol–water partition coefficient (Wildman–Crippen LogP) is 3.24. The molecule has 2 aromatic rings. The summed E-state index contributed by atoms with van der Waals surface area (Å²) >= 11 is 1.27. The van der Waals surface area contributed by atoms with Crippen molar-refractivity contribution in [3.63, 3.8) is 0 Å². The van der Waals surface area contributed by atoms with Crippen molar-refractivity contribution in [1.29, 1.82) is 5.26 Å². The highest BCUT2D eigenvalue weighted by molar-refractivity contribution is 7.16. The highest BCUT2D eigenvalue weighted by Gasteiger charge is 2.27. The smallest absolute Gasteiger partial charge is 0.407 e. The molecular weight excluding hydrogens is 394 g/mol. The summed E-state index contributed by atoms with van der Waals surface area (Å²) in [5, 5.41) is 22.0. The van der Waals surface area contributed by atoms with Crippen LogP contribution in [0.5, 0.6) is 11.5 Å². The lowest BCUT2D eigenvalue weighted by molar-refractivity contribution is -0.116. The van der Waals surface area contributed by atoms with Gasteiger partial charge in [0.15, 0.2) is 0 Å². The third-order valence-corrected chi connectivity index (χ3v) is 5.93. The Hall–Kier alpha value is -3.25. The lowest BCUT2D eigenvalue weighted by Crippen LogP contribution is -2.34. The molecule has 0 saturated heterocycles. The molecule has 152 valence electrons. The number of carboxylic acid groups (broad SMARTS) is 1. The number of nitrogens with zero attached hydrogens (tertiary/aromatic N) is 2. The second-order valence-corrected chi connectivity index (χ2v) is 7.60. The molecule has 2 N–H and O–H groups in total. The second-order valence-electron chi connectivity index (χ2n) is 6.50. The molecule has 2 heterocycles. The Morgan fingerprint density at radius 2 is 2.14 bits per heavy atom. The van der Waals surface area contributed by atoms with E-state index in [4.69, 9.17) is 9.47 Å². The van der Waals surface area contributed by atoms with E-state index in [2.05, 4.69) is 11.4 Å². The summed E-state index contributed by atoms with van der Waals surface area (Å²) in [5.74, 6) is 1.14. The average Bonchev–Trinajstić information content (AvgIpc) is 3.07. The van der Waals surface area contributed by atoms with Gasteiger partial charge in [-0.2, -0.15) is 5.26 Å². The minimum Gasteiger partial charge on any atom is -0.497 e. The van der Waals surface area contributed by atoms with Gasteiger partial charge in [0.05, 0.1) is 26.3 Å². The number of nitrogens with one attached hydrogen (secondary N) is 1. The van der Waals surface area contributed by atoms with Crippen LogP contribution < -0.4 is 14.8 Å². The van der Waals surface area contributed by atoms with Gasteiger partial charge in [-0.25, -0.2) is 4.79 Å². The van der Waals surface area contributed by atoms with E-state index >= 15 is 0 Å². The molecule has 3 rings (SSSR count). The molecule has 0 saturated carbocycles. The van der Waals surface area contributed by atoms with E-state index in [1.165, 1.54) is 16.2 Å². The number of ether oxygens (including phenoxy) is 2. The number of benzene rings is 1. The second kappa shape index (κ2) is 8.84. The van der Waals surface area contributed by atoms with Gasteiger partial charge < -0.3 is 24.8 Å². The number of hydrogen-bond donors (Lipinski definition) is 2. The van der Waals surface area contributed by atoms with Crippen molar-refractivity contribution >= 4 is 28.3 Å². The van der Waals surface area contributed by atoms with Crippen LogP contribution in [0.25, 0.3) is 0 Å². The SMILES string of the molecule is COc1ccc(OC)c(CCC(=O)Nc2sc3c(c2C#N)CCN(C(=O)O)C3)c1. The van der Waals surface area contributed by atoms with Crippen molar-refractivity contribution in [1.82, 2.24) is 4.90 Å². The molecule has 0 unspecified atom stereocenters. The summed E-state index contributed by atoms with van der Waals surface area (Å²) in [6.07, 6.45) is 0.141. The Labute approximate surface area is 172 Å². The number of aryl methyl sites for hydroxylation is 1. The zero-order valence-corrected chi connectivity index (χ0v) is 17.0. The van der Waals surface area contributed by atoms with Crippen molar-refractivity contribution in [3.05, 3.63) is 39.8 Å². The Balaban J connectivity index is 1.71. The maximum atomic E-state index is 12.5. The van der Waals surface area contributed by atoms with E-state index in [0.29, 0.717) is 41.4 Å². The molecule has 0 bridgehead atoms. The fourth-order valence-electron chi connectivity index (χ4n) is 3.29. The van der Waals surface area contributed by atoms with Crippen LogP contribution in [0.2, 0.25) is 0 Å². The number of methoxy groups -OCH3 is 2. The summed E-state index contributed by atoms with van der Waals surface area (Å²) in [6, 6.07) is 7.57. The standard InChI is InChI=1S/C20H21N3O5S/c1-27-13-4-5-16(28-2)12(9-13)3-6-18(24)22-19-15(10-21)14-7-8-23(20(25)26)11-17(14)29-19/h4-5,9H,3,6-8,11H2,1-2H3,(H,22,24)(H,25,26). The van der Waals surface area contributed by atoms with Crippen LogP contribution in [0.1, 0.15) is 28.0 Å². The summed E-state index contributed by atoms with van der Waals surface area (Å²) in [5.41, 5.74) is 2.12. The number of anilines is 1. The first kappa shape index (κ1) is 20.5. The third kappa shape index (κ3) is 4.43. The molecule has 0 fully saturated rings. The zero-order valence-electron chi connectivity index (χ0n) is 16.2. The number of amides is 2. The number of hydrogen-bond acceptors (Lipinski definition) is 6. The van der Waals surface area contributed by atoms with Crippen LogP contribution in [0.15, 0.2) is 18.2 Å². The molecule has 0 aliphatic carbocycles. The summed E-state index contributed by atoms with van der Waals surface area (Å²) in [7, 11) is 3.15. The van der Waals surface area contributed by atoms with Gasteiger partial charge >= 0.3 is 6.09 Å². The highest BCUT2D eigenvalue weighted by atomic mass is 32.1. The summed E-state index contributed by atoms with van der Waals surface area (Å²) in [6.45, 7) is 0.581. The Morgan fingerprint density at radius 1 is 1.34 bits per heavy atom. The fourth-order valence-corrected chi connectivity index (χ4v) is 4.52. The van der Waals surface area contributed by atoms with Crippen molar-refractivity contribution in [3.8, 4) is 17.6 Å². The van der Waals surface area contributed by atoms with E-state index in [0.717, 1.165) is 16.0 Å². The normalized spacial score (nSPS) is 12.7. The van der Waals surface area contributed by atoms with Gasteiger partial charge in [0.1, 0.15) is 22.6 Å². The lowest BCUT2D eigenvalue weighted by atomic mass is 10.0. The molecule has 0 atom stereocenters. The molecule has 9 heteroatoms. The number of thiophene rings is 1. The number of nitriles is 1. The van der Waals surface area contributed by atoms with E-state index in [1.54, 1.807) is 26.4 Å². The van der Waals surface area contributed by atoms with E-state index < -0.39 is 6.09 Å². The first-order valence-corrected chi connectivity index (χ1v) is 9.81. The molecule has 1 aliphatic rings. The average molecular weight is 415 g/mol. The van der Waals surface area contributed by atoms with Crippen molar-refractivity contribution < 1.29 is 24.2 Å². The lowest BCUT2D eigenvalue weighted by Gasteiger charge is -2.23. The number of carbonyl (C=O) groups is 2. The van der Waals surface area contributed by atoms with Crippen LogP contribution in [-0.4, -0.2) is 42.8 Å². The highest BCUT2D eigenvalue weighted by Crippen LogP contribution is 2.37. The van der Waals surface area contributed by atoms with Crippen molar-refractivity contribution in [2.45, 2.75) is 25.8 Å². The van der Waals surface area contributed by atoms with Crippen molar-refractivity contribution in [2.24, 2.45) is 0 Å². The summed E-state index contributed by atoms with van der Waals surface area (Å²) < 4.78 is 10.6. The van der Waals surface area contributed by atoms with Gasteiger partial charge in [0.25, 0.3) is 0 Å². The maximum Gasteiger partial charge on any atom is 0.407 e. The van der Waals surface area contributed by atoms with Crippen LogP contribution in [0, 0.1) is 11.3 Å². The molecule has 0 spiro atoms. The van der Waals surface area contributed by atoms with Gasteiger partial charge in [0, 0.05) is 17.8 Å². The fraction of sp³-hybridized carbons (Fsp3) is 0.350. The monoisotopic (exact) mass is 415 g/mol. The van der Waals surface area contributed by atoms with Crippen LogP contribution in [-0.2, 0) is 24.2 Å². The molecule has 29 heavy (non-hydrogen) atoms. The van der Waals surface area contributed by atoms with Gasteiger partial charge in [-0.15, -0.1) is 11.3 Å². The van der Waals surface area contributed by atoms with Crippen LogP contribution >= 0.6 is 11.3 Å².